The van der Waals surface area contributed by atoms with Gasteiger partial charge in [-0.05, 0) is 38.5 Å². The molecule has 0 radical (unpaired) electrons. The van der Waals surface area contributed by atoms with Crippen LogP contribution < -0.4 is 0 Å². The average molecular weight is 329 g/mol. The molecular weight excluding hydrogens is 296 g/mol. The van der Waals surface area contributed by atoms with Gasteiger partial charge in [0, 0.05) is 26.9 Å². The van der Waals surface area contributed by atoms with E-state index in [2.05, 4.69) is 5.92 Å². The molecule has 4 nitrogen and oxygen atoms in total. The maximum atomic E-state index is 9.44. The average Bonchev–Trinajstić information content (AvgIpc) is 2.59. The van der Waals surface area contributed by atoms with Gasteiger partial charge in [0.25, 0.3) is 0 Å². The van der Waals surface area contributed by atoms with E-state index in [1.54, 1.807) is 21.3 Å². The van der Waals surface area contributed by atoms with Gasteiger partial charge in [0.2, 0.25) is 0 Å². The Labute approximate surface area is 136 Å². The third-order valence-electron chi connectivity index (χ3n) is 4.91. The molecule has 0 amide bonds. The van der Waals surface area contributed by atoms with Gasteiger partial charge in [-0.1, -0.05) is 31.6 Å². The number of hydrogen-bond donors (Lipinski definition) is 1. The molecule has 0 aromatic rings. The van der Waals surface area contributed by atoms with Gasteiger partial charge in [0.15, 0.2) is 0 Å². The van der Waals surface area contributed by atoms with Gasteiger partial charge in [0.1, 0.15) is 5.60 Å². The van der Waals surface area contributed by atoms with Crippen molar-refractivity contribution >= 4 is 8.80 Å². The Kier molecular flexibility index (Phi) is 8.66. The zero-order chi connectivity index (χ0) is 16.5. The number of hydrogen-bond acceptors (Lipinski definition) is 4. The molecule has 0 aliphatic heterocycles. The second-order valence-corrected chi connectivity index (χ2v) is 9.54. The maximum absolute atomic E-state index is 9.44. The fourth-order valence-electron chi connectivity index (χ4n) is 3.49. The smallest absolute Gasteiger partial charge is 0.378 e. The highest BCUT2D eigenvalue weighted by molar-refractivity contribution is 6.62. The van der Waals surface area contributed by atoms with E-state index in [1.807, 2.05) is 0 Å². The second-order valence-electron chi connectivity index (χ2n) is 6.29. The van der Waals surface area contributed by atoms with E-state index in [0.29, 0.717) is 5.54 Å². The Morgan fingerprint density at radius 2 is 1.36 bits per heavy atom. The third-order valence-corrected chi connectivity index (χ3v) is 8.19. The summed E-state index contributed by atoms with van der Waals surface area (Å²) in [5.74, 6) is 2.44. The van der Waals surface area contributed by atoms with Crippen molar-refractivity contribution in [2.75, 3.05) is 21.3 Å². The minimum Gasteiger partial charge on any atom is -0.378 e. The molecule has 0 aromatic carbocycles. The molecule has 2 aliphatic carbocycles. The number of rotatable bonds is 4. The first-order chi connectivity index (χ1) is 10.6. The Hall–Kier alpha value is -0.383. The first-order valence-corrected chi connectivity index (χ1v) is 10.2. The maximum Gasteiger partial charge on any atom is 0.503 e. The van der Waals surface area contributed by atoms with Crippen molar-refractivity contribution in [3.8, 4) is 12.3 Å². The van der Waals surface area contributed by atoms with Crippen LogP contribution in [-0.4, -0.2) is 40.8 Å². The molecule has 0 saturated heterocycles. The lowest BCUT2D eigenvalue weighted by atomic mass is 9.86. The van der Waals surface area contributed by atoms with Crippen LogP contribution in [0.25, 0.3) is 0 Å². The SMILES string of the molecule is C#CC1(O)CCCCC1.CO[Si](OC)(OC)C1CCCCC1. The van der Waals surface area contributed by atoms with Crippen molar-refractivity contribution in [1.82, 2.24) is 0 Å². The first-order valence-electron chi connectivity index (χ1n) is 8.41. The van der Waals surface area contributed by atoms with Crippen molar-refractivity contribution in [1.29, 1.82) is 0 Å². The normalized spacial score (nSPS) is 22.3. The number of terminal acetylenes is 1. The summed E-state index contributed by atoms with van der Waals surface area (Å²) < 4.78 is 16.4. The molecule has 22 heavy (non-hydrogen) atoms. The van der Waals surface area contributed by atoms with Gasteiger partial charge >= 0.3 is 8.80 Å². The zero-order valence-corrected chi connectivity index (χ0v) is 15.4. The van der Waals surface area contributed by atoms with E-state index in [4.69, 9.17) is 19.7 Å². The van der Waals surface area contributed by atoms with Crippen LogP contribution in [0.4, 0.5) is 0 Å². The van der Waals surface area contributed by atoms with Crippen LogP contribution in [0.5, 0.6) is 0 Å². The lowest BCUT2D eigenvalue weighted by Gasteiger charge is -2.34. The van der Waals surface area contributed by atoms with Gasteiger partial charge in [-0.15, -0.1) is 6.42 Å². The van der Waals surface area contributed by atoms with Crippen molar-refractivity contribution in [3.05, 3.63) is 0 Å². The third kappa shape index (κ3) is 5.36. The summed E-state index contributed by atoms with van der Waals surface area (Å²) in [6.45, 7) is 0. The molecule has 1 N–H and O–H groups in total. The Morgan fingerprint density at radius 1 is 0.909 bits per heavy atom. The van der Waals surface area contributed by atoms with E-state index < -0.39 is 14.4 Å². The van der Waals surface area contributed by atoms with Gasteiger partial charge in [-0.3, -0.25) is 0 Å². The van der Waals surface area contributed by atoms with Gasteiger partial charge in [-0.2, -0.15) is 0 Å². The number of aliphatic hydroxyl groups is 1. The van der Waals surface area contributed by atoms with Crippen molar-refractivity contribution < 1.29 is 18.4 Å². The molecule has 0 bridgehead atoms. The summed E-state index contributed by atoms with van der Waals surface area (Å²) in [7, 11) is 2.79. The van der Waals surface area contributed by atoms with Crippen LogP contribution in [0.3, 0.4) is 0 Å². The summed E-state index contributed by atoms with van der Waals surface area (Å²) in [4.78, 5) is 0. The summed E-state index contributed by atoms with van der Waals surface area (Å²) in [6.07, 6.45) is 16.4. The van der Waals surface area contributed by atoms with Crippen molar-refractivity contribution in [2.24, 2.45) is 0 Å². The van der Waals surface area contributed by atoms with Crippen LogP contribution >= 0.6 is 0 Å². The Morgan fingerprint density at radius 3 is 1.73 bits per heavy atom. The lowest BCUT2D eigenvalue weighted by Crippen LogP contribution is -2.48. The van der Waals surface area contributed by atoms with Crippen LogP contribution in [0.15, 0.2) is 0 Å². The van der Waals surface area contributed by atoms with Crippen molar-refractivity contribution in [3.63, 3.8) is 0 Å². The summed E-state index contributed by atoms with van der Waals surface area (Å²) in [5, 5.41) is 9.44. The Bertz CT molecular complexity index is 329. The molecule has 0 spiro atoms. The van der Waals surface area contributed by atoms with Gasteiger partial charge in [0.05, 0.1) is 0 Å². The predicted octanol–water partition coefficient (Wildman–Crippen LogP) is 3.51. The molecule has 5 heteroatoms. The molecule has 128 valence electrons. The molecule has 0 atom stereocenters. The zero-order valence-electron chi connectivity index (χ0n) is 14.4. The molecule has 2 saturated carbocycles. The largest absolute Gasteiger partial charge is 0.503 e. The van der Waals surface area contributed by atoms with E-state index in [0.717, 1.165) is 25.7 Å². The monoisotopic (exact) mass is 328 g/mol. The minimum absolute atomic E-state index is 0.515. The van der Waals surface area contributed by atoms with Gasteiger partial charge in [-0.25, -0.2) is 0 Å². The van der Waals surface area contributed by atoms with Crippen molar-refractivity contribution in [2.45, 2.75) is 75.4 Å². The van der Waals surface area contributed by atoms with E-state index >= 15 is 0 Å². The van der Waals surface area contributed by atoms with Crippen LogP contribution in [-0.2, 0) is 13.3 Å². The van der Waals surface area contributed by atoms with Crippen LogP contribution in [0.2, 0.25) is 5.54 Å². The highest BCUT2D eigenvalue weighted by Crippen LogP contribution is 2.37. The van der Waals surface area contributed by atoms with Gasteiger partial charge < -0.3 is 18.4 Å². The fourth-order valence-corrected chi connectivity index (χ4v) is 6.10. The standard InChI is InChI=1S/C9H20O3Si.C8H12O/c1-10-13(11-2,12-3)9-7-5-4-6-8-9;1-2-8(9)6-4-3-5-7-8/h9H,4-8H2,1-3H3;1,9H,3-7H2. The van der Waals surface area contributed by atoms with Crippen LogP contribution in [0, 0.1) is 12.3 Å². The first kappa shape index (κ1) is 19.7. The minimum atomic E-state index is -2.32. The van der Waals surface area contributed by atoms with E-state index in [1.165, 1.54) is 38.5 Å². The van der Waals surface area contributed by atoms with E-state index in [9.17, 15) is 5.11 Å². The Balaban J connectivity index is 0.000000235. The highest BCUT2D eigenvalue weighted by atomic mass is 28.4. The highest BCUT2D eigenvalue weighted by Gasteiger charge is 2.47. The lowest BCUT2D eigenvalue weighted by molar-refractivity contribution is 0.0612. The quantitative estimate of drug-likeness (QED) is 0.634. The van der Waals surface area contributed by atoms with Crippen LogP contribution in [0.1, 0.15) is 64.2 Å². The molecule has 0 unspecified atom stereocenters. The second kappa shape index (κ2) is 9.69. The summed E-state index contributed by atoms with van der Waals surface area (Å²) in [6, 6.07) is 0. The molecule has 2 aliphatic rings. The molecule has 0 heterocycles. The van der Waals surface area contributed by atoms with E-state index in [-0.39, 0.29) is 0 Å². The predicted molar refractivity (Wildman–Crippen MR) is 90.5 cm³/mol. The summed E-state index contributed by atoms with van der Waals surface area (Å²) in [5.41, 5.74) is -0.237. The molecular formula is C17H32O4Si. The molecule has 0 aromatic heterocycles. The fraction of sp³-hybridized carbons (Fsp3) is 0.882. The summed E-state index contributed by atoms with van der Waals surface area (Å²) >= 11 is 0. The molecule has 2 rings (SSSR count). The topological polar surface area (TPSA) is 47.9 Å². The molecule has 2 fully saturated rings.